The molecule has 1 atom stereocenters. The van der Waals surface area contributed by atoms with Crippen LogP contribution >= 0.6 is 0 Å². The van der Waals surface area contributed by atoms with E-state index < -0.39 is 5.97 Å². The van der Waals surface area contributed by atoms with Crippen molar-refractivity contribution < 1.29 is 14.7 Å². The van der Waals surface area contributed by atoms with Crippen LogP contribution in [-0.4, -0.2) is 44.9 Å². The van der Waals surface area contributed by atoms with Crippen LogP contribution in [0.3, 0.4) is 0 Å². The van der Waals surface area contributed by atoms with Crippen molar-refractivity contribution in [1.82, 2.24) is 14.9 Å². The standard InChI is InChI=1S/C21H25N3O3/c1-13-11-17(14-5-7-15(8-6-14)19(25)26)23-18(22-13)16-9-10-24(12-16)20(27)21(2,3)4/h5-8,11,16H,9-10,12H2,1-4H3,(H,25,26)/t16-/m0/s1. The normalized spacial score (nSPS) is 17.2. The molecule has 2 aromatic rings. The average molecular weight is 367 g/mol. The molecule has 27 heavy (non-hydrogen) atoms. The summed E-state index contributed by atoms with van der Waals surface area (Å²) in [6, 6.07) is 8.58. The molecular weight excluding hydrogens is 342 g/mol. The first-order chi connectivity index (χ1) is 12.6. The third-order valence-electron chi connectivity index (χ3n) is 4.78. The van der Waals surface area contributed by atoms with Gasteiger partial charge >= 0.3 is 5.97 Å². The molecule has 0 spiro atoms. The number of hydrogen-bond donors (Lipinski definition) is 1. The van der Waals surface area contributed by atoms with Gasteiger partial charge in [0.15, 0.2) is 0 Å². The van der Waals surface area contributed by atoms with Gasteiger partial charge in [0.2, 0.25) is 5.91 Å². The van der Waals surface area contributed by atoms with E-state index in [1.807, 2.05) is 38.7 Å². The summed E-state index contributed by atoms with van der Waals surface area (Å²) < 4.78 is 0. The topological polar surface area (TPSA) is 83.4 Å². The summed E-state index contributed by atoms with van der Waals surface area (Å²) in [5.74, 6) is 0.0718. The minimum absolute atomic E-state index is 0.119. The Morgan fingerprint density at radius 3 is 2.41 bits per heavy atom. The lowest BCUT2D eigenvalue weighted by Gasteiger charge is -2.25. The minimum atomic E-state index is -0.948. The summed E-state index contributed by atoms with van der Waals surface area (Å²) in [6.45, 7) is 9.09. The van der Waals surface area contributed by atoms with Gasteiger partial charge in [-0.25, -0.2) is 14.8 Å². The summed E-state index contributed by atoms with van der Waals surface area (Å²) in [6.07, 6.45) is 0.850. The van der Waals surface area contributed by atoms with Gasteiger partial charge in [0, 0.05) is 35.7 Å². The van der Waals surface area contributed by atoms with Crippen LogP contribution in [0.2, 0.25) is 0 Å². The van der Waals surface area contributed by atoms with Gasteiger partial charge < -0.3 is 10.0 Å². The van der Waals surface area contributed by atoms with E-state index in [9.17, 15) is 9.59 Å². The zero-order chi connectivity index (χ0) is 19.8. The fourth-order valence-electron chi connectivity index (χ4n) is 3.34. The first-order valence-electron chi connectivity index (χ1n) is 9.14. The Hall–Kier alpha value is -2.76. The van der Waals surface area contributed by atoms with Gasteiger partial charge in [-0.05, 0) is 31.5 Å². The molecule has 1 aliphatic rings. The lowest BCUT2D eigenvalue weighted by molar-refractivity contribution is -0.138. The van der Waals surface area contributed by atoms with Crippen LogP contribution in [0.25, 0.3) is 11.3 Å². The van der Waals surface area contributed by atoms with Gasteiger partial charge in [0.1, 0.15) is 5.82 Å². The predicted molar refractivity (Wildman–Crippen MR) is 103 cm³/mol. The highest BCUT2D eigenvalue weighted by molar-refractivity contribution is 5.88. The molecule has 6 heteroatoms. The second-order valence-electron chi connectivity index (χ2n) is 8.12. The quantitative estimate of drug-likeness (QED) is 0.897. The van der Waals surface area contributed by atoms with Crippen LogP contribution in [0.15, 0.2) is 30.3 Å². The number of amides is 1. The molecule has 0 aliphatic carbocycles. The first kappa shape index (κ1) is 19.0. The summed E-state index contributed by atoms with van der Waals surface area (Å²) in [4.78, 5) is 34.8. The number of carboxylic acids is 1. The van der Waals surface area contributed by atoms with E-state index >= 15 is 0 Å². The second-order valence-corrected chi connectivity index (χ2v) is 8.12. The Bertz CT molecular complexity index is 869. The molecule has 6 nitrogen and oxygen atoms in total. The molecule has 3 rings (SSSR count). The van der Waals surface area contributed by atoms with Crippen LogP contribution in [0.5, 0.6) is 0 Å². The number of hydrogen-bond acceptors (Lipinski definition) is 4. The number of carbonyl (C=O) groups is 2. The number of aromatic nitrogens is 2. The van der Waals surface area contributed by atoms with E-state index in [4.69, 9.17) is 10.1 Å². The number of likely N-dealkylation sites (tertiary alicyclic amines) is 1. The molecule has 1 fully saturated rings. The number of aryl methyl sites for hydroxylation is 1. The molecule has 2 heterocycles. The van der Waals surface area contributed by atoms with Crippen molar-refractivity contribution in [1.29, 1.82) is 0 Å². The van der Waals surface area contributed by atoms with Crippen LogP contribution in [0, 0.1) is 12.3 Å². The maximum atomic E-state index is 12.5. The molecule has 0 bridgehead atoms. The molecule has 0 radical (unpaired) electrons. The number of carbonyl (C=O) groups excluding carboxylic acids is 1. The lowest BCUT2D eigenvalue weighted by atomic mass is 9.95. The average Bonchev–Trinajstić information content (AvgIpc) is 3.09. The Morgan fingerprint density at radius 2 is 1.81 bits per heavy atom. The smallest absolute Gasteiger partial charge is 0.335 e. The van der Waals surface area contributed by atoms with Crippen LogP contribution in [0.1, 0.15) is 55.0 Å². The third-order valence-corrected chi connectivity index (χ3v) is 4.78. The molecule has 142 valence electrons. The van der Waals surface area contributed by atoms with Crippen LogP contribution in [0.4, 0.5) is 0 Å². The maximum Gasteiger partial charge on any atom is 0.335 e. The SMILES string of the molecule is Cc1cc(-c2ccc(C(=O)O)cc2)nc([C@H]2CCN(C(=O)C(C)(C)C)C2)n1. The Balaban J connectivity index is 1.84. The predicted octanol–water partition coefficient (Wildman–Crippen LogP) is 3.51. The summed E-state index contributed by atoms with van der Waals surface area (Å²) in [7, 11) is 0. The van der Waals surface area contributed by atoms with E-state index in [-0.39, 0.29) is 22.8 Å². The summed E-state index contributed by atoms with van der Waals surface area (Å²) in [5.41, 5.74) is 2.34. The Kier molecular flexibility index (Phi) is 5.00. The van der Waals surface area contributed by atoms with E-state index in [0.717, 1.165) is 35.7 Å². The molecule has 1 N–H and O–H groups in total. The molecule has 1 amide bonds. The van der Waals surface area contributed by atoms with Gasteiger partial charge in [-0.1, -0.05) is 32.9 Å². The summed E-state index contributed by atoms with van der Waals surface area (Å²) in [5, 5.41) is 9.05. The number of rotatable bonds is 3. The minimum Gasteiger partial charge on any atom is -0.478 e. The van der Waals surface area contributed by atoms with Crippen molar-refractivity contribution >= 4 is 11.9 Å². The van der Waals surface area contributed by atoms with Gasteiger partial charge in [0.25, 0.3) is 0 Å². The fraction of sp³-hybridized carbons (Fsp3) is 0.429. The fourth-order valence-corrected chi connectivity index (χ4v) is 3.34. The molecule has 0 unspecified atom stereocenters. The maximum absolute atomic E-state index is 12.5. The molecule has 1 saturated heterocycles. The van der Waals surface area contributed by atoms with Crippen molar-refractivity contribution in [2.24, 2.45) is 5.41 Å². The molecule has 1 aromatic carbocycles. The van der Waals surface area contributed by atoms with Crippen molar-refractivity contribution in [3.63, 3.8) is 0 Å². The zero-order valence-corrected chi connectivity index (χ0v) is 16.2. The molecule has 0 saturated carbocycles. The molecule has 1 aromatic heterocycles. The van der Waals surface area contributed by atoms with E-state index in [1.165, 1.54) is 0 Å². The van der Waals surface area contributed by atoms with Gasteiger partial charge in [-0.3, -0.25) is 4.79 Å². The highest BCUT2D eigenvalue weighted by Gasteiger charge is 2.34. The zero-order valence-electron chi connectivity index (χ0n) is 16.2. The number of carboxylic acid groups (broad SMARTS) is 1. The Labute approximate surface area is 159 Å². The van der Waals surface area contributed by atoms with Crippen molar-refractivity contribution in [3.8, 4) is 11.3 Å². The van der Waals surface area contributed by atoms with Crippen molar-refractivity contribution in [2.45, 2.75) is 40.0 Å². The van der Waals surface area contributed by atoms with Crippen molar-refractivity contribution in [2.75, 3.05) is 13.1 Å². The molecule has 1 aliphatic heterocycles. The third kappa shape index (κ3) is 4.15. The van der Waals surface area contributed by atoms with E-state index in [0.29, 0.717) is 6.54 Å². The van der Waals surface area contributed by atoms with Gasteiger partial charge in [0.05, 0.1) is 11.3 Å². The lowest BCUT2D eigenvalue weighted by Crippen LogP contribution is -2.37. The Morgan fingerprint density at radius 1 is 1.15 bits per heavy atom. The van der Waals surface area contributed by atoms with Gasteiger partial charge in [-0.15, -0.1) is 0 Å². The first-order valence-corrected chi connectivity index (χ1v) is 9.14. The molecular formula is C21H25N3O3. The monoisotopic (exact) mass is 367 g/mol. The van der Waals surface area contributed by atoms with E-state index in [2.05, 4.69) is 4.98 Å². The van der Waals surface area contributed by atoms with Crippen molar-refractivity contribution in [3.05, 3.63) is 47.4 Å². The number of benzene rings is 1. The largest absolute Gasteiger partial charge is 0.478 e. The highest BCUT2D eigenvalue weighted by atomic mass is 16.4. The highest BCUT2D eigenvalue weighted by Crippen LogP contribution is 2.30. The summed E-state index contributed by atoms with van der Waals surface area (Å²) >= 11 is 0. The number of nitrogens with zero attached hydrogens (tertiary/aromatic N) is 3. The van der Waals surface area contributed by atoms with Crippen LogP contribution < -0.4 is 0 Å². The van der Waals surface area contributed by atoms with E-state index in [1.54, 1.807) is 24.3 Å². The second kappa shape index (κ2) is 7.10. The number of aromatic carboxylic acids is 1. The van der Waals surface area contributed by atoms with Crippen LogP contribution in [-0.2, 0) is 4.79 Å². The van der Waals surface area contributed by atoms with Gasteiger partial charge in [-0.2, -0.15) is 0 Å².